The molecule has 30 heavy (non-hydrogen) atoms. The highest BCUT2D eigenvalue weighted by Gasteiger charge is 2.41. The Bertz CT molecular complexity index is 692. The van der Waals surface area contributed by atoms with Gasteiger partial charge in [0.15, 0.2) is 12.6 Å². The molecule has 1 aliphatic rings. The third-order valence-electron chi connectivity index (χ3n) is 4.51. The molecule has 1 aromatic heterocycles. The maximum absolute atomic E-state index is 12.9. The standard InChI is InChI=1S/C17H23F6N5O.HI/c1-12(17(21,22)23)27-6-8-28(9-7-27)15(24-2)26-10-13-4-3-5-25-14(13)29-11-16(18,19)20;/h3-5,12H,6-11H2,1-2H3,(H,24,26);1H. The highest BCUT2D eigenvalue weighted by molar-refractivity contribution is 14.0. The Morgan fingerprint density at radius 2 is 1.83 bits per heavy atom. The van der Waals surface area contributed by atoms with Gasteiger partial charge in [-0.1, -0.05) is 6.07 Å². The lowest BCUT2D eigenvalue weighted by molar-refractivity contribution is -0.181. The number of aromatic nitrogens is 1. The largest absolute Gasteiger partial charge is 0.468 e. The van der Waals surface area contributed by atoms with Crippen LogP contribution in [0, 0.1) is 0 Å². The van der Waals surface area contributed by atoms with Crippen LogP contribution in [0.4, 0.5) is 26.3 Å². The number of nitrogens with one attached hydrogen (secondary N) is 1. The zero-order valence-corrected chi connectivity index (χ0v) is 18.8. The number of nitrogens with zero attached hydrogens (tertiary/aromatic N) is 4. The van der Waals surface area contributed by atoms with E-state index in [9.17, 15) is 26.3 Å². The summed E-state index contributed by atoms with van der Waals surface area (Å²) in [7, 11) is 1.53. The van der Waals surface area contributed by atoms with Crippen LogP contribution >= 0.6 is 24.0 Å². The first-order valence-electron chi connectivity index (χ1n) is 8.91. The molecule has 2 rings (SSSR count). The predicted octanol–water partition coefficient (Wildman–Crippen LogP) is 3.28. The number of ether oxygens (including phenoxy) is 1. The van der Waals surface area contributed by atoms with E-state index in [4.69, 9.17) is 4.74 Å². The lowest BCUT2D eigenvalue weighted by Crippen LogP contribution is -2.56. The predicted molar refractivity (Wildman–Crippen MR) is 110 cm³/mol. The Hall–Kier alpha value is -1.51. The average molecular weight is 555 g/mol. The van der Waals surface area contributed by atoms with Gasteiger partial charge in [0.1, 0.15) is 6.04 Å². The van der Waals surface area contributed by atoms with Crippen LogP contribution in [0.2, 0.25) is 0 Å². The zero-order chi connectivity index (χ0) is 21.7. The SMILES string of the molecule is CN=C(NCc1cccnc1OCC(F)(F)F)N1CCN(C(C)C(F)(F)F)CC1.I. The summed E-state index contributed by atoms with van der Waals surface area (Å²) in [5.74, 6) is 0.298. The van der Waals surface area contributed by atoms with Crippen molar-refractivity contribution in [1.82, 2.24) is 20.1 Å². The fraction of sp³-hybridized carbons (Fsp3) is 0.647. The second-order valence-electron chi connectivity index (χ2n) is 6.51. The van der Waals surface area contributed by atoms with Crippen LogP contribution in [0.5, 0.6) is 5.88 Å². The molecule has 1 atom stereocenters. The molecule has 13 heteroatoms. The number of halogens is 7. The molecule has 1 aromatic rings. The number of pyridine rings is 1. The molecule has 1 fully saturated rings. The van der Waals surface area contributed by atoms with E-state index in [1.807, 2.05) is 0 Å². The van der Waals surface area contributed by atoms with Crippen molar-refractivity contribution in [1.29, 1.82) is 0 Å². The first-order valence-corrected chi connectivity index (χ1v) is 8.91. The number of guanidine groups is 1. The van der Waals surface area contributed by atoms with Crippen LogP contribution in [0.15, 0.2) is 23.3 Å². The molecule has 172 valence electrons. The molecule has 0 amide bonds. The van der Waals surface area contributed by atoms with Crippen LogP contribution in [-0.4, -0.2) is 79.0 Å². The minimum Gasteiger partial charge on any atom is -0.468 e. The van der Waals surface area contributed by atoms with Crippen LogP contribution in [0.1, 0.15) is 12.5 Å². The molecule has 0 aliphatic carbocycles. The lowest BCUT2D eigenvalue weighted by Gasteiger charge is -2.39. The van der Waals surface area contributed by atoms with E-state index in [1.165, 1.54) is 18.1 Å². The fourth-order valence-electron chi connectivity index (χ4n) is 2.87. The molecule has 1 saturated heterocycles. The Balaban J connectivity index is 0.00000450. The van der Waals surface area contributed by atoms with Gasteiger partial charge in [0.05, 0.1) is 0 Å². The van der Waals surface area contributed by atoms with Crippen molar-refractivity contribution in [3.63, 3.8) is 0 Å². The Kier molecular flexibility index (Phi) is 9.91. The number of piperazine rings is 1. The Morgan fingerprint density at radius 1 is 1.20 bits per heavy atom. The van der Waals surface area contributed by atoms with Crippen molar-refractivity contribution >= 4 is 29.9 Å². The van der Waals surface area contributed by atoms with Gasteiger partial charge >= 0.3 is 12.4 Å². The molecule has 0 spiro atoms. The van der Waals surface area contributed by atoms with E-state index in [-0.39, 0.29) is 49.5 Å². The average Bonchev–Trinajstić information content (AvgIpc) is 2.66. The number of rotatable bonds is 5. The molecule has 1 aliphatic heterocycles. The van der Waals surface area contributed by atoms with E-state index in [0.29, 0.717) is 24.6 Å². The Morgan fingerprint density at radius 3 is 2.37 bits per heavy atom. The van der Waals surface area contributed by atoms with E-state index >= 15 is 0 Å². The molecule has 2 heterocycles. The van der Waals surface area contributed by atoms with Crippen molar-refractivity contribution in [3.05, 3.63) is 23.9 Å². The highest BCUT2D eigenvalue weighted by atomic mass is 127. The second-order valence-corrected chi connectivity index (χ2v) is 6.51. The van der Waals surface area contributed by atoms with E-state index in [0.717, 1.165) is 6.92 Å². The van der Waals surface area contributed by atoms with Crippen molar-refractivity contribution in [2.45, 2.75) is 31.9 Å². The van der Waals surface area contributed by atoms with Crippen LogP contribution in [0.25, 0.3) is 0 Å². The summed E-state index contributed by atoms with van der Waals surface area (Å²) < 4.78 is 80.5. The highest BCUT2D eigenvalue weighted by Crippen LogP contribution is 2.25. The molecule has 0 saturated carbocycles. The van der Waals surface area contributed by atoms with Crippen molar-refractivity contribution < 1.29 is 31.1 Å². The third kappa shape index (κ3) is 7.96. The minimum atomic E-state index is -4.48. The van der Waals surface area contributed by atoms with Crippen molar-refractivity contribution in [3.8, 4) is 5.88 Å². The summed E-state index contributed by atoms with van der Waals surface area (Å²) in [5, 5.41) is 3.00. The zero-order valence-electron chi connectivity index (χ0n) is 16.4. The number of hydrogen-bond donors (Lipinski definition) is 1. The normalized spacial score (nSPS) is 17.3. The maximum atomic E-state index is 12.9. The van der Waals surface area contributed by atoms with Gasteiger partial charge in [-0.3, -0.25) is 9.89 Å². The molecule has 0 aromatic carbocycles. The van der Waals surface area contributed by atoms with Crippen molar-refractivity contribution in [2.75, 3.05) is 39.8 Å². The van der Waals surface area contributed by atoms with Crippen LogP contribution < -0.4 is 10.1 Å². The van der Waals surface area contributed by atoms with Crippen LogP contribution in [0.3, 0.4) is 0 Å². The van der Waals surface area contributed by atoms with Gasteiger partial charge < -0.3 is 15.0 Å². The molecular formula is C17H24F6IN5O. The van der Waals surface area contributed by atoms with Gasteiger partial charge in [0, 0.05) is 51.5 Å². The minimum absolute atomic E-state index is 0. The first kappa shape index (κ1) is 26.5. The number of aliphatic imine (C=N–C) groups is 1. The maximum Gasteiger partial charge on any atom is 0.422 e. The van der Waals surface area contributed by atoms with E-state index < -0.39 is 25.0 Å². The third-order valence-corrected chi connectivity index (χ3v) is 4.51. The monoisotopic (exact) mass is 555 g/mol. The summed E-state index contributed by atoms with van der Waals surface area (Å²) in [6.07, 6.45) is -7.44. The van der Waals surface area contributed by atoms with Gasteiger partial charge in [-0.05, 0) is 13.0 Å². The Labute approximate surface area is 187 Å². The summed E-state index contributed by atoms with van der Waals surface area (Å²) >= 11 is 0. The molecule has 0 bridgehead atoms. The summed E-state index contributed by atoms with van der Waals surface area (Å²) in [4.78, 5) is 11.1. The number of alkyl halides is 6. The van der Waals surface area contributed by atoms with Crippen molar-refractivity contribution in [2.24, 2.45) is 4.99 Å². The summed E-state index contributed by atoms with van der Waals surface area (Å²) in [6, 6.07) is 1.61. The van der Waals surface area contributed by atoms with Gasteiger partial charge in [-0.2, -0.15) is 26.3 Å². The second kappa shape index (κ2) is 11.2. The van der Waals surface area contributed by atoms with E-state index in [1.54, 1.807) is 17.0 Å². The smallest absolute Gasteiger partial charge is 0.422 e. The molecule has 6 nitrogen and oxygen atoms in total. The molecule has 0 radical (unpaired) electrons. The molecule has 1 N–H and O–H groups in total. The van der Waals surface area contributed by atoms with Gasteiger partial charge in [-0.15, -0.1) is 24.0 Å². The fourth-order valence-corrected chi connectivity index (χ4v) is 2.87. The van der Waals surface area contributed by atoms with Crippen LogP contribution in [-0.2, 0) is 6.54 Å². The first-order chi connectivity index (χ1) is 13.5. The molecule has 1 unspecified atom stereocenters. The van der Waals surface area contributed by atoms with Gasteiger partial charge in [0.25, 0.3) is 0 Å². The van der Waals surface area contributed by atoms with E-state index in [2.05, 4.69) is 15.3 Å². The lowest BCUT2D eigenvalue weighted by atomic mass is 10.2. The molecular weight excluding hydrogens is 531 g/mol. The topological polar surface area (TPSA) is 53.0 Å². The quantitative estimate of drug-likeness (QED) is 0.262. The van der Waals surface area contributed by atoms with Gasteiger partial charge in [0.2, 0.25) is 5.88 Å². The summed E-state index contributed by atoms with van der Waals surface area (Å²) in [5.41, 5.74) is 0.405. The number of hydrogen-bond acceptors (Lipinski definition) is 4. The summed E-state index contributed by atoms with van der Waals surface area (Å²) in [6.45, 7) is 0.892. The van der Waals surface area contributed by atoms with Gasteiger partial charge in [-0.25, -0.2) is 4.98 Å².